The number of hydrogen-bond acceptors (Lipinski definition) is 2. The second kappa shape index (κ2) is 7.41. The molecule has 0 saturated heterocycles. The van der Waals surface area contributed by atoms with E-state index in [1.54, 1.807) is 24.2 Å². The number of likely N-dealkylation sites (N-methyl/N-ethyl adjacent to an activating group) is 1. The van der Waals surface area contributed by atoms with Gasteiger partial charge in [-0.05, 0) is 37.6 Å². The second-order valence-electron chi connectivity index (χ2n) is 4.42. The molecule has 0 atom stereocenters. The maximum Gasteiger partial charge on any atom is 0.246 e. The van der Waals surface area contributed by atoms with Gasteiger partial charge in [0.15, 0.2) is 0 Å². The van der Waals surface area contributed by atoms with E-state index >= 15 is 0 Å². The third kappa shape index (κ3) is 5.00. The van der Waals surface area contributed by atoms with Crippen molar-refractivity contribution < 1.29 is 9.53 Å². The summed E-state index contributed by atoms with van der Waals surface area (Å²) in [6.45, 7) is 8.98. The number of carbonyl (C=O) groups excluding carboxylic acids is 1. The van der Waals surface area contributed by atoms with Gasteiger partial charge in [0, 0.05) is 19.2 Å². The molecule has 3 heteroatoms. The van der Waals surface area contributed by atoms with Crippen molar-refractivity contribution in [3.05, 3.63) is 48.1 Å². The van der Waals surface area contributed by atoms with Crippen LogP contribution in [0.2, 0.25) is 0 Å². The largest absolute Gasteiger partial charge is 0.497 e. The van der Waals surface area contributed by atoms with Gasteiger partial charge in [-0.3, -0.25) is 4.79 Å². The van der Waals surface area contributed by atoms with Crippen molar-refractivity contribution in [2.75, 3.05) is 20.2 Å². The van der Waals surface area contributed by atoms with Gasteiger partial charge in [-0.25, -0.2) is 0 Å². The number of carbonyl (C=O) groups is 1. The van der Waals surface area contributed by atoms with E-state index in [1.807, 2.05) is 38.1 Å². The van der Waals surface area contributed by atoms with Crippen molar-refractivity contribution >= 4 is 12.0 Å². The van der Waals surface area contributed by atoms with E-state index in [1.165, 1.54) is 0 Å². The van der Waals surface area contributed by atoms with Gasteiger partial charge >= 0.3 is 0 Å². The minimum absolute atomic E-state index is 0.00619. The van der Waals surface area contributed by atoms with E-state index in [9.17, 15) is 4.79 Å². The molecular formula is C16H21NO2. The predicted octanol–water partition coefficient (Wildman–Crippen LogP) is 3.13. The minimum Gasteiger partial charge on any atom is -0.497 e. The smallest absolute Gasteiger partial charge is 0.246 e. The molecular weight excluding hydrogens is 238 g/mol. The Bertz CT molecular complexity index is 477. The lowest BCUT2D eigenvalue weighted by molar-refractivity contribution is -0.125. The first-order valence-electron chi connectivity index (χ1n) is 6.32. The summed E-state index contributed by atoms with van der Waals surface area (Å²) in [7, 11) is 1.62. The van der Waals surface area contributed by atoms with Crippen molar-refractivity contribution in [1.82, 2.24) is 4.90 Å². The van der Waals surface area contributed by atoms with Crippen molar-refractivity contribution in [3.63, 3.8) is 0 Å². The van der Waals surface area contributed by atoms with Crippen LogP contribution in [0.1, 0.15) is 19.4 Å². The van der Waals surface area contributed by atoms with Crippen LogP contribution in [-0.4, -0.2) is 31.0 Å². The summed E-state index contributed by atoms with van der Waals surface area (Å²) in [4.78, 5) is 13.8. The molecule has 19 heavy (non-hydrogen) atoms. The topological polar surface area (TPSA) is 29.5 Å². The zero-order valence-electron chi connectivity index (χ0n) is 11.8. The number of hydrogen-bond donors (Lipinski definition) is 0. The Balaban J connectivity index is 2.73. The number of amides is 1. The molecule has 1 amide bonds. The third-order valence-corrected chi connectivity index (χ3v) is 2.67. The molecule has 0 heterocycles. The molecule has 0 saturated carbocycles. The maximum absolute atomic E-state index is 12.0. The van der Waals surface area contributed by atoms with Gasteiger partial charge in [0.25, 0.3) is 0 Å². The Morgan fingerprint density at radius 3 is 2.79 bits per heavy atom. The van der Waals surface area contributed by atoms with Crippen LogP contribution in [0, 0.1) is 0 Å². The van der Waals surface area contributed by atoms with E-state index in [0.717, 1.165) is 16.9 Å². The molecule has 0 bridgehead atoms. The van der Waals surface area contributed by atoms with Gasteiger partial charge in [0.1, 0.15) is 5.75 Å². The van der Waals surface area contributed by atoms with E-state index in [0.29, 0.717) is 13.1 Å². The quantitative estimate of drug-likeness (QED) is 0.580. The van der Waals surface area contributed by atoms with Crippen LogP contribution in [-0.2, 0) is 4.79 Å². The fourth-order valence-corrected chi connectivity index (χ4v) is 1.69. The Hall–Kier alpha value is -2.03. The molecule has 1 aromatic rings. The number of rotatable bonds is 6. The van der Waals surface area contributed by atoms with E-state index < -0.39 is 0 Å². The van der Waals surface area contributed by atoms with Gasteiger partial charge < -0.3 is 9.64 Å². The third-order valence-electron chi connectivity index (χ3n) is 2.67. The first-order valence-corrected chi connectivity index (χ1v) is 6.32. The lowest BCUT2D eigenvalue weighted by Gasteiger charge is -2.18. The van der Waals surface area contributed by atoms with Crippen LogP contribution in [0.15, 0.2) is 42.5 Å². The van der Waals surface area contributed by atoms with Gasteiger partial charge in [0.2, 0.25) is 5.91 Å². The lowest BCUT2D eigenvalue weighted by atomic mass is 10.2. The molecule has 3 nitrogen and oxygen atoms in total. The lowest BCUT2D eigenvalue weighted by Crippen LogP contribution is -2.30. The van der Waals surface area contributed by atoms with Gasteiger partial charge in [-0.2, -0.15) is 0 Å². The van der Waals surface area contributed by atoms with Crippen molar-refractivity contribution in [3.8, 4) is 5.75 Å². The molecule has 1 rings (SSSR count). The van der Waals surface area contributed by atoms with Gasteiger partial charge in [-0.1, -0.05) is 24.3 Å². The maximum atomic E-state index is 12.0. The first-order chi connectivity index (χ1) is 9.06. The molecule has 0 spiro atoms. The fourth-order valence-electron chi connectivity index (χ4n) is 1.69. The summed E-state index contributed by atoms with van der Waals surface area (Å²) < 4.78 is 5.14. The van der Waals surface area contributed by atoms with Gasteiger partial charge in [0.05, 0.1) is 7.11 Å². The molecule has 0 radical (unpaired) electrons. The predicted molar refractivity (Wildman–Crippen MR) is 79.1 cm³/mol. The summed E-state index contributed by atoms with van der Waals surface area (Å²) in [6, 6.07) is 7.59. The van der Waals surface area contributed by atoms with Crippen LogP contribution in [0.4, 0.5) is 0 Å². The summed E-state index contributed by atoms with van der Waals surface area (Å²) in [6.07, 6.45) is 3.38. The van der Waals surface area contributed by atoms with E-state index in [2.05, 4.69) is 6.58 Å². The molecule has 0 aliphatic heterocycles. The Morgan fingerprint density at radius 1 is 1.47 bits per heavy atom. The van der Waals surface area contributed by atoms with Crippen LogP contribution in [0.3, 0.4) is 0 Å². The standard InChI is InChI=1S/C16H21NO2/c1-5-17(12-13(2)3)16(18)10-9-14-7-6-8-15(11-14)19-4/h6-11H,2,5,12H2,1,3-4H3. The molecule has 0 unspecified atom stereocenters. The van der Waals surface area contributed by atoms with Gasteiger partial charge in [-0.15, -0.1) is 0 Å². The molecule has 0 aliphatic rings. The SMILES string of the molecule is C=C(C)CN(CC)C(=O)C=Cc1cccc(OC)c1. The highest BCUT2D eigenvalue weighted by Gasteiger charge is 2.07. The number of ether oxygens (including phenoxy) is 1. The molecule has 0 fully saturated rings. The Labute approximate surface area is 115 Å². The average molecular weight is 259 g/mol. The zero-order chi connectivity index (χ0) is 14.3. The molecule has 102 valence electrons. The molecule has 1 aromatic carbocycles. The van der Waals surface area contributed by atoms with Crippen LogP contribution < -0.4 is 4.74 Å². The van der Waals surface area contributed by atoms with Crippen LogP contribution >= 0.6 is 0 Å². The van der Waals surface area contributed by atoms with Crippen LogP contribution in [0.25, 0.3) is 6.08 Å². The van der Waals surface area contributed by atoms with Crippen molar-refractivity contribution in [1.29, 1.82) is 0 Å². The van der Waals surface area contributed by atoms with Crippen molar-refractivity contribution in [2.45, 2.75) is 13.8 Å². The summed E-state index contributed by atoms with van der Waals surface area (Å²) in [5, 5.41) is 0. The molecule has 0 N–H and O–H groups in total. The normalized spacial score (nSPS) is 10.5. The second-order valence-corrected chi connectivity index (χ2v) is 4.42. The highest BCUT2D eigenvalue weighted by molar-refractivity contribution is 5.91. The monoisotopic (exact) mass is 259 g/mol. The number of nitrogens with zero attached hydrogens (tertiary/aromatic N) is 1. The highest BCUT2D eigenvalue weighted by Crippen LogP contribution is 2.13. The van der Waals surface area contributed by atoms with Crippen molar-refractivity contribution in [2.24, 2.45) is 0 Å². The molecule has 0 aliphatic carbocycles. The summed E-state index contributed by atoms with van der Waals surface area (Å²) in [5.41, 5.74) is 1.92. The summed E-state index contributed by atoms with van der Waals surface area (Å²) in [5.74, 6) is 0.775. The highest BCUT2D eigenvalue weighted by atomic mass is 16.5. The number of benzene rings is 1. The number of methoxy groups -OCH3 is 1. The Morgan fingerprint density at radius 2 is 2.21 bits per heavy atom. The van der Waals surface area contributed by atoms with E-state index in [4.69, 9.17) is 4.74 Å². The fraction of sp³-hybridized carbons (Fsp3) is 0.312. The first kappa shape index (κ1) is 15.0. The average Bonchev–Trinajstić information content (AvgIpc) is 2.42. The summed E-state index contributed by atoms with van der Waals surface area (Å²) >= 11 is 0. The minimum atomic E-state index is -0.00619. The Kier molecular flexibility index (Phi) is 5.86. The van der Waals surface area contributed by atoms with E-state index in [-0.39, 0.29) is 5.91 Å². The zero-order valence-corrected chi connectivity index (χ0v) is 11.8. The molecule has 0 aromatic heterocycles. The van der Waals surface area contributed by atoms with Crippen LogP contribution in [0.5, 0.6) is 5.75 Å².